The molecule has 0 spiro atoms. The van der Waals surface area contributed by atoms with Crippen molar-refractivity contribution < 1.29 is 13.6 Å². The lowest BCUT2D eigenvalue weighted by atomic mass is 10.1. The van der Waals surface area contributed by atoms with Crippen LogP contribution >= 0.6 is 15.9 Å². The lowest BCUT2D eigenvalue weighted by molar-refractivity contribution is 0.0997. The molecule has 1 heterocycles. The van der Waals surface area contributed by atoms with Gasteiger partial charge in [-0.2, -0.15) is 0 Å². The largest absolute Gasteiger partial charge is 0.448 e. The van der Waals surface area contributed by atoms with Gasteiger partial charge in [0.2, 0.25) is 0 Å². The van der Waals surface area contributed by atoms with E-state index in [1.165, 1.54) is 6.07 Å². The maximum atomic E-state index is 13.7. The van der Waals surface area contributed by atoms with E-state index in [1.54, 1.807) is 31.2 Å². The summed E-state index contributed by atoms with van der Waals surface area (Å²) in [6, 6.07) is 11.8. The van der Waals surface area contributed by atoms with Crippen molar-refractivity contribution in [2.75, 3.05) is 5.32 Å². The van der Waals surface area contributed by atoms with Crippen molar-refractivity contribution in [3.8, 4) is 0 Å². The summed E-state index contributed by atoms with van der Waals surface area (Å²) >= 11 is 3.33. The van der Waals surface area contributed by atoms with E-state index in [0.717, 1.165) is 4.47 Å². The van der Waals surface area contributed by atoms with Crippen molar-refractivity contribution in [1.82, 2.24) is 0 Å². The highest BCUT2D eigenvalue weighted by molar-refractivity contribution is 9.10. The van der Waals surface area contributed by atoms with E-state index >= 15 is 0 Å². The topological polar surface area (TPSA) is 42.2 Å². The molecule has 0 saturated heterocycles. The maximum Gasteiger partial charge on any atom is 0.291 e. The van der Waals surface area contributed by atoms with Gasteiger partial charge in [-0.05, 0) is 37.3 Å². The molecule has 0 fully saturated rings. The Morgan fingerprint density at radius 3 is 2.57 bits per heavy atom. The number of nitrogens with one attached hydrogen (secondary N) is 1. The van der Waals surface area contributed by atoms with E-state index in [9.17, 15) is 9.18 Å². The van der Waals surface area contributed by atoms with Gasteiger partial charge in [0.15, 0.2) is 17.2 Å². The molecule has 0 bridgehead atoms. The summed E-state index contributed by atoms with van der Waals surface area (Å²) in [5.74, 6) is -0.748. The van der Waals surface area contributed by atoms with Crippen LogP contribution in [0.25, 0.3) is 11.0 Å². The molecule has 3 aromatic rings. The quantitative estimate of drug-likeness (QED) is 0.716. The van der Waals surface area contributed by atoms with Gasteiger partial charge in [-0.1, -0.05) is 28.1 Å². The number of carbonyl (C=O) groups is 1. The number of benzene rings is 2. The highest BCUT2D eigenvalue weighted by atomic mass is 79.9. The Hall–Kier alpha value is -2.14. The van der Waals surface area contributed by atoms with Gasteiger partial charge in [-0.15, -0.1) is 0 Å². The molecule has 5 heteroatoms. The van der Waals surface area contributed by atoms with Gasteiger partial charge in [0.25, 0.3) is 5.91 Å². The van der Waals surface area contributed by atoms with E-state index in [-0.39, 0.29) is 11.3 Å². The molecule has 3 nitrogen and oxygen atoms in total. The second-order valence-corrected chi connectivity index (χ2v) is 5.55. The van der Waals surface area contributed by atoms with Crippen LogP contribution in [-0.2, 0) is 0 Å². The third-order valence-electron chi connectivity index (χ3n) is 3.22. The Labute approximate surface area is 128 Å². The molecule has 0 atom stereocenters. The minimum atomic E-state index is -0.474. The van der Waals surface area contributed by atoms with Gasteiger partial charge >= 0.3 is 0 Å². The molecule has 0 aliphatic rings. The average molecular weight is 348 g/mol. The highest BCUT2D eigenvalue weighted by Crippen LogP contribution is 2.28. The summed E-state index contributed by atoms with van der Waals surface area (Å²) in [5, 5.41) is 3.34. The van der Waals surface area contributed by atoms with Gasteiger partial charge in [0.1, 0.15) is 0 Å². The van der Waals surface area contributed by atoms with Crippen molar-refractivity contribution in [3.05, 3.63) is 64.1 Å². The van der Waals surface area contributed by atoms with Crippen molar-refractivity contribution in [2.24, 2.45) is 0 Å². The third-order valence-corrected chi connectivity index (χ3v) is 3.75. The fourth-order valence-electron chi connectivity index (χ4n) is 2.15. The number of hydrogen-bond acceptors (Lipinski definition) is 2. The van der Waals surface area contributed by atoms with Crippen LogP contribution in [0.2, 0.25) is 0 Å². The predicted octanol–water partition coefficient (Wildman–Crippen LogP) is 4.90. The number of carbonyl (C=O) groups excluding carboxylic acids is 1. The number of fused-ring (bicyclic) bond motifs is 1. The normalized spacial score (nSPS) is 10.8. The van der Waals surface area contributed by atoms with Gasteiger partial charge in [-0.25, -0.2) is 4.39 Å². The molecule has 1 N–H and O–H groups in total. The van der Waals surface area contributed by atoms with Crippen molar-refractivity contribution in [1.29, 1.82) is 0 Å². The summed E-state index contributed by atoms with van der Waals surface area (Å²) in [5.41, 5.74) is 1.37. The zero-order valence-corrected chi connectivity index (χ0v) is 12.7. The first-order valence-corrected chi connectivity index (χ1v) is 7.10. The number of anilines is 1. The Kier molecular flexibility index (Phi) is 3.51. The lowest BCUT2D eigenvalue weighted by Crippen LogP contribution is -2.11. The number of halogens is 2. The minimum absolute atomic E-state index is 0.107. The molecular weight excluding hydrogens is 337 g/mol. The lowest BCUT2D eigenvalue weighted by Gasteiger charge is -2.03. The smallest absolute Gasteiger partial charge is 0.291 e. The molecular formula is C16H11BrFNO2. The Morgan fingerprint density at radius 1 is 1.19 bits per heavy atom. The van der Waals surface area contributed by atoms with Crippen LogP contribution in [0.15, 0.2) is 51.4 Å². The summed E-state index contributed by atoms with van der Waals surface area (Å²) in [4.78, 5) is 12.3. The number of rotatable bonds is 2. The molecule has 21 heavy (non-hydrogen) atoms. The number of furan rings is 1. The van der Waals surface area contributed by atoms with Crippen LogP contribution in [0.5, 0.6) is 0 Å². The molecule has 0 unspecified atom stereocenters. The molecule has 1 aromatic heterocycles. The van der Waals surface area contributed by atoms with Gasteiger partial charge in [0, 0.05) is 21.1 Å². The number of hydrogen-bond donors (Lipinski definition) is 1. The number of para-hydroxylation sites is 1. The monoisotopic (exact) mass is 347 g/mol. The van der Waals surface area contributed by atoms with Crippen molar-refractivity contribution in [3.63, 3.8) is 0 Å². The molecule has 2 aromatic carbocycles. The molecule has 0 aliphatic heterocycles. The Morgan fingerprint density at radius 2 is 1.90 bits per heavy atom. The van der Waals surface area contributed by atoms with Gasteiger partial charge in [0.05, 0.1) is 0 Å². The van der Waals surface area contributed by atoms with Crippen LogP contribution < -0.4 is 5.32 Å². The molecule has 0 radical (unpaired) electrons. The maximum absolute atomic E-state index is 13.7. The van der Waals surface area contributed by atoms with Crippen LogP contribution in [0, 0.1) is 12.7 Å². The van der Waals surface area contributed by atoms with Crippen LogP contribution in [0.1, 0.15) is 16.1 Å². The molecule has 1 amide bonds. The Balaban J connectivity index is 1.96. The predicted molar refractivity (Wildman–Crippen MR) is 83.0 cm³/mol. The minimum Gasteiger partial charge on any atom is -0.448 e. The molecule has 0 saturated carbocycles. The van der Waals surface area contributed by atoms with Crippen LogP contribution in [0.4, 0.5) is 10.1 Å². The summed E-state index contributed by atoms with van der Waals surface area (Å²) in [6.45, 7) is 1.74. The van der Waals surface area contributed by atoms with E-state index in [1.807, 2.05) is 12.1 Å². The first-order valence-electron chi connectivity index (χ1n) is 6.31. The number of amides is 1. The van der Waals surface area contributed by atoms with E-state index < -0.39 is 11.7 Å². The zero-order chi connectivity index (χ0) is 15.0. The fourth-order valence-corrected chi connectivity index (χ4v) is 2.41. The summed E-state index contributed by atoms with van der Waals surface area (Å²) in [6.07, 6.45) is 0. The first kappa shape index (κ1) is 13.8. The van der Waals surface area contributed by atoms with Crippen molar-refractivity contribution in [2.45, 2.75) is 6.92 Å². The van der Waals surface area contributed by atoms with E-state index in [4.69, 9.17) is 4.42 Å². The SMILES string of the molecule is Cc1c(C(=O)Nc2ccc(Br)cc2)oc2c(F)cccc12. The molecule has 3 rings (SSSR count). The first-order chi connectivity index (χ1) is 10.1. The third kappa shape index (κ3) is 2.56. The zero-order valence-electron chi connectivity index (χ0n) is 11.1. The van der Waals surface area contributed by atoms with Crippen molar-refractivity contribution >= 4 is 38.5 Å². The van der Waals surface area contributed by atoms with Crippen LogP contribution in [-0.4, -0.2) is 5.91 Å². The highest BCUT2D eigenvalue weighted by Gasteiger charge is 2.19. The second kappa shape index (κ2) is 5.33. The second-order valence-electron chi connectivity index (χ2n) is 4.63. The van der Waals surface area contributed by atoms with E-state index in [0.29, 0.717) is 16.6 Å². The summed E-state index contributed by atoms with van der Waals surface area (Å²) in [7, 11) is 0. The average Bonchev–Trinajstić information content (AvgIpc) is 2.81. The van der Waals surface area contributed by atoms with Gasteiger partial charge in [-0.3, -0.25) is 4.79 Å². The summed E-state index contributed by atoms with van der Waals surface area (Å²) < 4.78 is 20.0. The Bertz CT molecular complexity index is 824. The van der Waals surface area contributed by atoms with Crippen LogP contribution in [0.3, 0.4) is 0 Å². The van der Waals surface area contributed by atoms with Gasteiger partial charge < -0.3 is 9.73 Å². The molecule has 106 valence electrons. The van der Waals surface area contributed by atoms with E-state index in [2.05, 4.69) is 21.2 Å². The number of aryl methyl sites for hydroxylation is 1. The molecule has 0 aliphatic carbocycles. The fraction of sp³-hybridized carbons (Fsp3) is 0.0625. The standard InChI is InChI=1S/C16H11BrFNO2/c1-9-12-3-2-4-13(18)15(12)21-14(9)16(20)19-11-7-5-10(17)6-8-11/h2-8H,1H3,(H,19,20).